The van der Waals surface area contributed by atoms with Crippen LogP contribution in [0.4, 0.5) is 0 Å². The van der Waals surface area contributed by atoms with Crippen molar-refractivity contribution in [3.8, 4) is 0 Å². The number of halogens is 2. The predicted molar refractivity (Wildman–Crippen MR) is 70.3 cm³/mol. The van der Waals surface area contributed by atoms with Gasteiger partial charge in [0.05, 0.1) is 29.8 Å². The summed E-state index contributed by atoms with van der Waals surface area (Å²) in [6.07, 6.45) is 3.66. The lowest BCUT2D eigenvalue weighted by atomic mass is 10.0. The Labute approximate surface area is 117 Å². The van der Waals surface area contributed by atoms with Crippen LogP contribution in [-0.4, -0.2) is 31.2 Å². The van der Waals surface area contributed by atoms with E-state index in [1.807, 2.05) is 6.92 Å². The molecular weight excluding hydrogens is 299 g/mol. The molecule has 1 atom stereocenters. The Morgan fingerprint density at radius 3 is 2.72 bits per heavy atom. The Balaban J connectivity index is 2.49. The zero-order valence-electron chi connectivity index (χ0n) is 10.1. The van der Waals surface area contributed by atoms with Crippen molar-refractivity contribution in [1.82, 2.24) is 9.97 Å². The van der Waals surface area contributed by atoms with Crippen LogP contribution in [0.2, 0.25) is 10.3 Å². The standard InChI is InChI=1S/C10H14Cl2N2O3S/c1-7(3-4-17-18(2,15)16)5-9-8(11)6-13-10(12)14-9/h6-7H,3-5H2,1-2H3. The maximum atomic E-state index is 10.8. The molecule has 0 saturated heterocycles. The van der Waals surface area contributed by atoms with Crippen LogP contribution in [-0.2, 0) is 20.7 Å². The number of rotatable bonds is 6. The molecule has 1 aromatic heterocycles. The van der Waals surface area contributed by atoms with Crippen LogP contribution in [0.1, 0.15) is 19.0 Å². The molecule has 0 aliphatic heterocycles. The van der Waals surface area contributed by atoms with Gasteiger partial charge in [-0.05, 0) is 30.4 Å². The molecule has 18 heavy (non-hydrogen) atoms. The highest BCUT2D eigenvalue weighted by Gasteiger charge is 2.11. The fourth-order valence-electron chi connectivity index (χ4n) is 1.35. The number of hydrogen-bond donors (Lipinski definition) is 0. The van der Waals surface area contributed by atoms with Crippen molar-refractivity contribution in [1.29, 1.82) is 0 Å². The minimum Gasteiger partial charge on any atom is -0.270 e. The minimum absolute atomic E-state index is 0.147. The van der Waals surface area contributed by atoms with Gasteiger partial charge >= 0.3 is 0 Å². The summed E-state index contributed by atoms with van der Waals surface area (Å²) in [6, 6.07) is 0. The van der Waals surface area contributed by atoms with E-state index in [4.69, 9.17) is 23.2 Å². The van der Waals surface area contributed by atoms with Gasteiger partial charge in [0, 0.05) is 0 Å². The van der Waals surface area contributed by atoms with Gasteiger partial charge in [0.15, 0.2) is 0 Å². The third-order valence-electron chi connectivity index (χ3n) is 2.24. The molecule has 5 nitrogen and oxygen atoms in total. The molecule has 0 N–H and O–H groups in total. The average Bonchev–Trinajstić information content (AvgIpc) is 2.21. The summed E-state index contributed by atoms with van der Waals surface area (Å²) in [5.41, 5.74) is 0.656. The lowest BCUT2D eigenvalue weighted by Crippen LogP contribution is -2.10. The molecule has 0 fully saturated rings. The quantitative estimate of drug-likeness (QED) is 0.595. The first-order chi connectivity index (χ1) is 8.28. The molecule has 0 aromatic carbocycles. The third-order valence-corrected chi connectivity index (χ3v) is 3.33. The molecule has 102 valence electrons. The van der Waals surface area contributed by atoms with Crippen LogP contribution < -0.4 is 0 Å². The third kappa shape index (κ3) is 5.95. The van der Waals surface area contributed by atoms with Gasteiger partial charge < -0.3 is 0 Å². The molecule has 1 aromatic rings. The number of hydrogen-bond acceptors (Lipinski definition) is 5. The highest BCUT2D eigenvalue weighted by atomic mass is 35.5. The van der Waals surface area contributed by atoms with Gasteiger partial charge in [-0.3, -0.25) is 4.18 Å². The second-order valence-corrected chi connectivity index (χ2v) is 6.45. The van der Waals surface area contributed by atoms with Gasteiger partial charge in [-0.1, -0.05) is 18.5 Å². The lowest BCUT2D eigenvalue weighted by molar-refractivity contribution is 0.289. The van der Waals surface area contributed by atoms with Crippen LogP contribution in [0.3, 0.4) is 0 Å². The van der Waals surface area contributed by atoms with Gasteiger partial charge in [0.1, 0.15) is 0 Å². The SMILES string of the molecule is CC(CCOS(C)(=O)=O)Cc1nc(Cl)ncc1Cl. The molecule has 0 radical (unpaired) electrons. The van der Waals surface area contributed by atoms with Crippen LogP contribution in [0.15, 0.2) is 6.20 Å². The second-order valence-electron chi connectivity index (χ2n) is 4.06. The van der Waals surface area contributed by atoms with Crippen molar-refractivity contribution in [3.63, 3.8) is 0 Å². The summed E-state index contributed by atoms with van der Waals surface area (Å²) in [4.78, 5) is 7.79. The minimum atomic E-state index is -3.38. The summed E-state index contributed by atoms with van der Waals surface area (Å²) in [5.74, 6) is 0.176. The van der Waals surface area contributed by atoms with E-state index < -0.39 is 10.1 Å². The van der Waals surface area contributed by atoms with Gasteiger partial charge in [0.25, 0.3) is 10.1 Å². The summed E-state index contributed by atoms with van der Waals surface area (Å²) in [7, 11) is -3.38. The van der Waals surface area contributed by atoms with Crippen molar-refractivity contribution < 1.29 is 12.6 Å². The Morgan fingerprint density at radius 2 is 2.11 bits per heavy atom. The van der Waals surface area contributed by atoms with Gasteiger partial charge in [-0.15, -0.1) is 0 Å². The highest BCUT2D eigenvalue weighted by Crippen LogP contribution is 2.19. The topological polar surface area (TPSA) is 69.2 Å². The molecule has 1 unspecified atom stereocenters. The van der Waals surface area contributed by atoms with E-state index in [-0.39, 0.29) is 17.8 Å². The van der Waals surface area contributed by atoms with Crippen molar-refractivity contribution in [2.45, 2.75) is 19.8 Å². The predicted octanol–water partition coefficient (Wildman–Crippen LogP) is 2.33. The zero-order valence-corrected chi connectivity index (χ0v) is 12.4. The van der Waals surface area contributed by atoms with Crippen molar-refractivity contribution in [2.75, 3.05) is 12.9 Å². The summed E-state index contributed by atoms with van der Waals surface area (Å²) in [5, 5.41) is 0.601. The molecule has 0 aliphatic carbocycles. The van der Waals surface area contributed by atoms with Gasteiger partial charge in [0.2, 0.25) is 5.28 Å². The number of nitrogens with zero attached hydrogens (tertiary/aromatic N) is 2. The van der Waals surface area contributed by atoms with Crippen LogP contribution in [0, 0.1) is 5.92 Å². The Hall–Kier alpha value is -0.430. The number of aromatic nitrogens is 2. The van der Waals surface area contributed by atoms with E-state index in [0.29, 0.717) is 23.6 Å². The maximum Gasteiger partial charge on any atom is 0.264 e. The Kier molecular flexibility index (Phi) is 5.78. The highest BCUT2D eigenvalue weighted by molar-refractivity contribution is 7.85. The first-order valence-corrected chi connectivity index (χ1v) is 7.86. The fraction of sp³-hybridized carbons (Fsp3) is 0.600. The molecule has 8 heteroatoms. The first-order valence-electron chi connectivity index (χ1n) is 5.29. The van der Waals surface area contributed by atoms with Crippen molar-refractivity contribution in [2.24, 2.45) is 5.92 Å². The van der Waals surface area contributed by atoms with Gasteiger partial charge in [-0.25, -0.2) is 9.97 Å². The molecule has 0 saturated carbocycles. The van der Waals surface area contributed by atoms with E-state index in [9.17, 15) is 8.42 Å². The molecule has 0 spiro atoms. The molecule has 0 aliphatic rings. The van der Waals surface area contributed by atoms with Crippen molar-refractivity contribution in [3.05, 3.63) is 22.2 Å². The summed E-state index contributed by atoms with van der Waals surface area (Å²) >= 11 is 11.6. The van der Waals surface area contributed by atoms with E-state index in [2.05, 4.69) is 14.2 Å². The Morgan fingerprint density at radius 1 is 1.44 bits per heavy atom. The molecule has 1 rings (SSSR count). The smallest absolute Gasteiger partial charge is 0.264 e. The maximum absolute atomic E-state index is 10.8. The van der Waals surface area contributed by atoms with E-state index in [0.717, 1.165) is 6.26 Å². The van der Waals surface area contributed by atoms with Crippen LogP contribution in [0.25, 0.3) is 0 Å². The van der Waals surface area contributed by atoms with Crippen molar-refractivity contribution >= 4 is 33.3 Å². The normalized spacial score (nSPS) is 13.6. The van der Waals surface area contributed by atoms with Crippen LogP contribution >= 0.6 is 23.2 Å². The molecule has 0 bridgehead atoms. The fourth-order valence-corrected chi connectivity index (χ4v) is 2.07. The molecule has 0 amide bonds. The zero-order chi connectivity index (χ0) is 13.8. The van der Waals surface area contributed by atoms with E-state index in [1.165, 1.54) is 6.20 Å². The van der Waals surface area contributed by atoms with Gasteiger partial charge in [-0.2, -0.15) is 8.42 Å². The van der Waals surface area contributed by atoms with Crippen LogP contribution in [0.5, 0.6) is 0 Å². The lowest BCUT2D eigenvalue weighted by Gasteiger charge is -2.11. The Bertz CT molecular complexity index is 508. The molecule has 1 heterocycles. The summed E-state index contributed by atoms with van der Waals surface area (Å²) in [6.45, 7) is 2.11. The van der Waals surface area contributed by atoms with E-state index >= 15 is 0 Å². The summed E-state index contributed by atoms with van der Waals surface area (Å²) < 4.78 is 26.2. The largest absolute Gasteiger partial charge is 0.270 e. The second kappa shape index (κ2) is 6.65. The average molecular weight is 313 g/mol. The molecular formula is C10H14Cl2N2O3S. The monoisotopic (exact) mass is 312 g/mol. The first kappa shape index (κ1) is 15.6. The van der Waals surface area contributed by atoms with E-state index in [1.54, 1.807) is 0 Å².